The van der Waals surface area contributed by atoms with E-state index in [2.05, 4.69) is 39.0 Å². The zero-order valence-corrected chi connectivity index (χ0v) is 13.8. The summed E-state index contributed by atoms with van der Waals surface area (Å²) in [6, 6.07) is 10.7. The van der Waals surface area contributed by atoms with E-state index in [0.29, 0.717) is 25.6 Å². The summed E-state index contributed by atoms with van der Waals surface area (Å²) in [7, 11) is 1.77. The van der Waals surface area contributed by atoms with Crippen LogP contribution in [-0.4, -0.2) is 42.4 Å². The van der Waals surface area contributed by atoms with Crippen LogP contribution in [0.2, 0.25) is 0 Å². The monoisotopic (exact) mass is 349 g/mol. The highest BCUT2D eigenvalue weighted by Gasteiger charge is 2.28. The Kier molecular flexibility index (Phi) is 5.77. The Balaban J connectivity index is 1.97. The maximum atomic E-state index is 12.2. The number of amides is 1. The number of carbonyl (C=O) groups is 1. The number of nitrogens with zero attached hydrogens (tertiary/aromatic N) is 3. The zero-order chi connectivity index (χ0) is 15.2. The van der Waals surface area contributed by atoms with Crippen molar-refractivity contribution < 1.29 is 4.79 Å². The first-order chi connectivity index (χ1) is 10.1. The van der Waals surface area contributed by atoms with E-state index >= 15 is 0 Å². The Morgan fingerprint density at radius 1 is 1.48 bits per heavy atom. The normalized spacial score (nSPS) is 18.4. The molecular weight excluding hydrogens is 330 g/mol. The van der Waals surface area contributed by atoms with Crippen molar-refractivity contribution >= 4 is 21.8 Å². The van der Waals surface area contributed by atoms with Crippen LogP contribution in [0.25, 0.3) is 0 Å². The van der Waals surface area contributed by atoms with Gasteiger partial charge in [-0.2, -0.15) is 5.26 Å². The van der Waals surface area contributed by atoms with E-state index in [1.54, 1.807) is 11.9 Å². The Hall–Kier alpha value is -1.38. The molecule has 1 heterocycles. The standard InChI is InChI=1S/C16H20BrN3O/c1-19(10-3-9-18)16(21)12-20-11-2-4-15(20)13-5-7-14(17)8-6-13/h5-8,15H,2-4,10-12H2,1H3. The number of likely N-dealkylation sites (N-methyl/N-ethyl adjacent to an activating group) is 1. The fourth-order valence-electron chi connectivity index (χ4n) is 2.71. The molecule has 1 aliphatic heterocycles. The predicted octanol–water partition coefficient (Wildman–Crippen LogP) is 2.96. The summed E-state index contributed by atoms with van der Waals surface area (Å²) < 4.78 is 1.07. The van der Waals surface area contributed by atoms with E-state index in [1.807, 2.05) is 12.1 Å². The second-order valence-electron chi connectivity index (χ2n) is 5.40. The lowest BCUT2D eigenvalue weighted by Crippen LogP contribution is -2.38. The molecule has 1 aromatic carbocycles. The molecule has 1 aliphatic rings. The first-order valence-electron chi connectivity index (χ1n) is 7.22. The Labute approximate surface area is 134 Å². The van der Waals surface area contributed by atoms with Crippen LogP contribution in [0.3, 0.4) is 0 Å². The fourth-order valence-corrected chi connectivity index (χ4v) is 2.98. The number of hydrogen-bond acceptors (Lipinski definition) is 3. The van der Waals surface area contributed by atoms with Crippen LogP contribution in [0.15, 0.2) is 28.7 Å². The number of likely N-dealkylation sites (tertiary alicyclic amines) is 1. The number of carbonyl (C=O) groups excluding carboxylic acids is 1. The van der Waals surface area contributed by atoms with E-state index in [4.69, 9.17) is 5.26 Å². The van der Waals surface area contributed by atoms with Gasteiger partial charge < -0.3 is 4.90 Å². The minimum absolute atomic E-state index is 0.0919. The molecule has 0 bridgehead atoms. The van der Waals surface area contributed by atoms with Crippen LogP contribution >= 0.6 is 15.9 Å². The summed E-state index contributed by atoms with van der Waals surface area (Å²) in [6.45, 7) is 1.90. The smallest absolute Gasteiger partial charge is 0.236 e. The predicted molar refractivity (Wildman–Crippen MR) is 85.6 cm³/mol. The van der Waals surface area contributed by atoms with Gasteiger partial charge in [0, 0.05) is 24.1 Å². The number of halogens is 1. The molecule has 5 heteroatoms. The third kappa shape index (κ3) is 4.29. The molecule has 1 unspecified atom stereocenters. The van der Waals surface area contributed by atoms with E-state index in [-0.39, 0.29) is 5.91 Å². The maximum Gasteiger partial charge on any atom is 0.236 e. The number of benzene rings is 1. The van der Waals surface area contributed by atoms with Crippen LogP contribution in [0.4, 0.5) is 0 Å². The lowest BCUT2D eigenvalue weighted by molar-refractivity contribution is -0.131. The van der Waals surface area contributed by atoms with Crippen molar-refractivity contribution in [2.24, 2.45) is 0 Å². The van der Waals surface area contributed by atoms with Gasteiger partial charge in [-0.25, -0.2) is 0 Å². The van der Waals surface area contributed by atoms with Crippen molar-refractivity contribution in [2.75, 3.05) is 26.7 Å². The number of nitriles is 1. The fraction of sp³-hybridized carbons (Fsp3) is 0.500. The van der Waals surface area contributed by atoms with Gasteiger partial charge >= 0.3 is 0 Å². The van der Waals surface area contributed by atoms with Crippen molar-refractivity contribution in [3.05, 3.63) is 34.3 Å². The molecule has 1 aromatic rings. The molecule has 0 radical (unpaired) electrons. The number of hydrogen-bond donors (Lipinski definition) is 0. The molecule has 21 heavy (non-hydrogen) atoms. The van der Waals surface area contributed by atoms with E-state index in [9.17, 15) is 4.79 Å². The highest BCUT2D eigenvalue weighted by atomic mass is 79.9. The van der Waals surface area contributed by atoms with Gasteiger partial charge in [0.1, 0.15) is 0 Å². The lowest BCUT2D eigenvalue weighted by atomic mass is 10.0. The van der Waals surface area contributed by atoms with Crippen molar-refractivity contribution in [3.8, 4) is 6.07 Å². The van der Waals surface area contributed by atoms with Crippen molar-refractivity contribution in [3.63, 3.8) is 0 Å². The summed E-state index contributed by atoms with van der Waals surface area (Å²) in [4.78, 5) is 16.1. The molecule has 1 amide bonds. The Morgan fingerprint density at radius 2 is 2.19 bits per heavy atom. The largest absolute Gasteiger partial charge is 0.344 e. The van der Waals surface area contributed by atoms with Crippen LogP contribution < -0.4 is 0 Å². The third-order valence-electron chi connectivity index (χ3n) is 3.94. The van der Waals surface area contributed by atoms with Gasteiger partial charge in [0.2, 0.25) is 5.91 Å². The minimum atomic E-state index is 0.0919. The number of rotatable bonds is 5. The van der Waals surface area contributed by atoms with Gasteiger partial charge in [-0.3, -0.25) is 9.69 Å². The Bertz CT molecular complexity index is 523. The summed E-state index contributed by atoms with van der Waals surface area (Å²) in [6.07, 6.45) is 2.60. The molecule has 1 atom stereocenters. The molecule has 2 rings (SSSR count). The molecule has 0 saturated carbocycles. The van der Waals surface area contributed by atoms with Gasteiger partial charge in [-0.05, 0) is 37.1 Å². The molecule has 4 nitrogen and oxygen atoms in total. The highest BCUT2D eigenvalue weighted by Crippen LogP contribution is 2.32. The summed E-state index contributed by atoms with van der Waals surface area (Å²) in [5, 5.41) is 8.59. The van der Waals surface area contributed by atoms with Crippen LogP contribution in [0.1, 0.15) is 30.9 Å². The lowest BCUT2D eigenvalue weighted by Gasteiger charge is -2.26. The highest BCUT2D eigenvalue weighted by molar-refractivity contribution is 9.10. The third-order valence-corrected chi connectivity index (χ3v) is 4.47. The minimum Gasteiger partial charge on any atom is -0.344 e. The first kappa shape index (κ1) is 16.0. The van der Waals surface area contributed by atoms with Crippen molar-refractivity contribution in [1.29, 1.82) is 5.26 Å². The average molecular weight is 350 g/mol. The quantitative estimate of drug-likeness (QED) is 0.820. The van der Waals surface area contributed by atoms with Gasteiger partial charge in [0.15, 0.2) is 0 Å². The van der Waals surface area contributed by atoms with Crippen molar-refractivity contribution in [1.82, 2.24) is 9.80 Å². The summed E-state index contributed by atoms with van der Waals surface area (Å²) in [5.41, 5.74) is 1.27. The summed E-state index contributed by atoms with van der Waals surface area (Å²) >= 11 is 3.45. The van der Waals surface area contributed by atoms with Gasteiger partial charge in [-0.1, -0.05) is 28.1 Å². The summed E-state index contributed by atoms with van der Waals surface area (Å²) in [5.74, 6) is 0.0919. The molecule has 0 N–H and O–H groups in total. The Morgan fingerprint density at radius 3 is 2.86 bits per heavy atom. The molecule has 0 aromatic heterocycles. The van der Waals surface area contributed by atoms with Crippen LogP contribution in [0.5, 0.6) is 0 Å². The van der Waals surface area contributed by atoms with Crippen LogP contribution in [0, 0.1) is 11.3 Å². The zero-order valence-electron chi connectivity index (χ0n) is 12.3. The molecular formula is C16H20BrN3O. The molecule has 0 aliphatic carbocycles. The van der Waals surface area contributed by atoms with Gasteiger partial charge in [-0.15, -0.1) is 0 Å². The van der Waals surface area contributed by atoms with Gasteiger partial charge in [0.05, 0.1) is 19.0 Å². The first-order valence-corrected chi connectivity index (χ1v) is 8.01. The molecule has 0 spiro atoms. The molecule has 1 fully saturated rings. The van der Waals surface area contributed by atoms with Crippen molar-refractivity contribution in [2.45, 2.75) is 25.3 Å². The van der Waals surface area contributed by atoms with E-state index in [1.165, 1.54) is 5.56 Å². The van der Waals surface area contributed by atoms with E-state index in [0.717, 1.165) is 23.9 Å². The van der Waals surface area contributed by atoms with Gasteiger partial charge in [0.25, 0.3) is 0 Å². The second-order valence-corrected chi connectivity index (χ2v) is 6.32. The molecule has 1 saturated heterocycles. The maximum absolute atomic E-state index is 12.2. The van der Waals surface area contributed by atoms with Crippen LogP contribution in [-0.2, 0) is 4.79 Å². The van der Waals surface area contributed by atoms with E-state index < -0.39 is 0 Å². The second kappa shape index (κ2) is 7.58. The average Bonchev–Trinajstić information content (AvgIpc) is 2.93. The topological polar surface area (TPSA) is 47.3 Å². The molecule has 112 valence electrons. The SMILES string of the molecule is CN(CCC#N)C(=O)CN1CCCC1c1ccc(Br)cc1.